The molecular weight excluding hydrogens is 248 g/mol. The van der Waals surface area contributed by atoms with E-state index >= 15 is 0 Å². The maximum absolute atomic E-state index is 5.25. The van der Waals surface area contributed by atoms with E-state index < -0.39 is 0 Å². The van der Waals surface area contributed by atoms with E-state index in [-0.39, 0.29) is 5.54 Å². The van der Waals surface area contributed by atoms with Crippen LogP contribution in [0.4, 0.5) is 0 Å². The molecule has 1 aliphatic rings. The fourth-order valence-corrected chi connectivity index (χ4v) is 2.73. The van der Waals surface area contributed by atoms with Crippen molar-refractivity contribution in [1.29, 1.82) is 0 Å². The van der Waals surface area contributed by atoms with E-state index in [1.807, 2.05) is 17.5 Å². The molecule has 1 unspecified atom stereocenters. The maximum Gasteiger partial charge on any atom is 0.268 e. The van der Waals surface area contributed by atoms with Crippen molar-refractivity contribution in [1.82, 2.24) is 20.8 Å². The van der Waals surface area contributed by atoms with Gasteiger partial charge in [-0.2, -0.15) is 4.98 Å². The molecule has 0 aliphatic carbocycles. The third-order valence-electron chi connectivity index (χ3n) is 3.24. The first-order chi connectivity index (χ1) is 8.75. The molecule has 2 aromatic heterocycles. The van der Waals surface area contributed by atoms with Crippen molar-refractivity contribution in [3.05, 3.63) is 23.3 Å². The van der Waals surface area contributed by atoms with Crippen LogP contribution >= 0.6 is 11.3 Å². The minimum Gasteiger partial charge on any atom is -0.333 e. The zero-order valence-electron chi connectivity index (χ0n) is 10.3. The molecule has 0 amide bonds. The van der Waals surface area contributed by atoms with Crippen molar-refractivity contribution < 1.29 is 4.52 Å². The van der Waals surface area contributed by atoms with Crippen LogP contribution in [-0.4, -0.2) is 28.8 Å². The summed E-state index contributed by atoms with van der Waals surface area (Å²) in [6, 6.07) is 3.96. The third kappa shape index (κ3) is 2.45. The Bertz CT molecular complexity index is 502. The summed E-state index contributed by atoms with van der Waals surface area (Å²) in [6.45, 7) is 4.92. The Morgan fingerprint density at radius 1 is 1.61 bits per heavy atom. The van der Waals surface area contributed by atoms with Gasteiger partial charge in [-0.05, 0) is 31.3 Å². The molecule has 1 atom stereocenters. The van der Waals surface area contributed by atoms with E-state index in [9.17, 15) is 0 Å². The van der Waals surface area contributed by atoms with Crippen molar-refractivity contribution in [3.8, 4) is 10.8 Å². The Labute approximate surface area is 110 Å². The standard InChI is InChI=1S/C12H16N4OS/c1-12(4-5-13-8-12)14-7-10-15-11(17-16-10)9-3-2-6-18-9/h2-3,6,13-14H,4-5,7-8H2,1H3. The molecule has 6 heteroatoms. The number of thiophene rings is 1. The molecule has 2 aromatic rings. The van der Waals surface area contributed by atoms with Crippen LogP contribution in [0.5, 0.6) is 0 Å². The highest BCUT2D eigenvalue weighted by molar-refractivity contribution is 7.13. The van der Waals surface area contributed by atoms with Crippen LogP contribution in [0.15, 0.2) is 22.0 Å². The maximum atomic E-state index is 5.25. The van der Waals surface area contributed by atoms with Crippen molar-refractivity contribution in [2.24, 2.45) is 0 Å². The Balaban J connectivity index is 1.64. The second-order valence-electron chi connectivity index (χ2n) is 4.83. The van der Waals surface area contributed by atoms with Crippen LogP contribution in [0.25, 0.3) is 10.8 Å². The van der Waals surface area contributed by atoms with E-state index in [0.717, 1.165) is 24.4 Å². The fourth-order valence-electron chi connectivity index (χ4n) is 2.09. The number of hydrogen-bond donors (Lipinski definition) is 2. The van der Waals surface area contributed by atoms with E-state index in [0.29, 0.717) is 18.3 Å². The summed E-state index contributed by atoms with van der Waals surface area (Å²) >= 11 is 1.61. The Morgan fingerprint density at radius 3 is 3.28 bits per heavy atom. The first-order valence-corrected chi connectivity index (χ1v) is 6.95. The largest absolute Gasteiger partial charge is 0.333 e. The van der Waals surface area contributed by atoms with E-state index in [1.165, 1.54) is 0 Å². The lowest BCUT2D eigenvalue weighted by atomic mass is 10.0. The molecule has 0 spiro atoms. The van der Waals surface area contributed by atoms with Gasteiger partial charge in [0.2, 0.25) is 0 Å². The molecule has 3 heterocycles. The van der Waals surface area contributed by atoms with Gasteiger partial charge in [-0.25, -0.2) is 0 Å². The highest BCUT2D eigenvalue weighted by atomic mass is 32.1. The molecule has 0 aromatic carbocycles. The molecule has 3 rings (SSSR count). The normalized spacial score (nSPS) is 23.6. The number of nitrogens with zero attached hydrogens (tertiary/aromatic N) is 2. The van der Waals surface area contributed by atoms with Crippen molar-refractivity contribution in [3.63, 3.8) is 0 Å². The number of rotatable bonds is 4. The lowest BCUT2D eigenvalue weighted by Crippen LogP contribution is -2.43. The van der Waals surface area contributed by atoms with Crippen LogP contribution in [0.3, 0.4) is 0 Å². The Morgan fingerprint density at radius 2 is 2.56 bits per heavy atom. The monoisotopic (exact) mass is 264 g/mol. The van der Waals surface area contributed by atoms with Gasteiger partial charge in [0.1, 0.15) is 0 Å². The summed E-state index contributed by atoms with van der Waals surface area (Å²) in [5, 5.41) is 12.8. The van der Waals surface area contributed by atoms with Gasteiger partial charge in [0, 0.05) is 12.1 Å². The first-order valence-electron chi connectivity index (χ1n) is 6.07. The van der Waals surface area contributed by atoms with Gasteiger partial charge >= 0.3 is 0 Å². The third-order valence-corrected chi connectivity index (χ3v) is 4.10. The van der Waals surface area contributed by atoms with E-state index in [4.69, 9.17) is 4.52 Å². The molecule has 5 nitrogen and oxygen atoms in total. The predicted molar refractivity (Wildman–Crippen MR) is 70.3 cm³/mol. The molecule has 1 aliphatic heterocycles. The molecular formula is C12H16N4OS. The quantitative estimate of drug-likeness (QED) is 0.879. The number of nitrogens with one attached hydrogen (secondary N) is 2. The van der Waals surface area contributed by atoms with Gasteiger partial charge in [0.25, 0.3) is 5.89 Å². The van der Waals surface area contributed by atoms with Crippen LogP contribution in [-0.2, 0) is 6.54 Å². The summed E-state index contributed by atoms with van der Waals surface area (Å²) in [4.78, 5) is 5.41. The second kappa shape index (κ2) is 4.79. The van der Waals surface area contributed by atoms with Crippen LogP contribution < -0.4 is 10.6 Å². The fraction of sp³-hybridized carbons (Fsp3) is 0.500. The lowest BCUT2D eigenvalue weighted by molar-refractivity contribution is 0.369. The van der Waals surface area contributed by atoms with Crippen LogP contribution in [0, 0.1) is 0 Å². The van der Waals surface area contributed by atoms with E-state index in [2.05, 4.69) is 27.7 Å². The van der Waals surface area contributed by atoms with Crippen molar-refractivity contribution >= 4 is 11.3 Å². The molecule has 0 bridgehead atoms. The average Bonchev–Trinajstić information content (AvgIpc) is 3.08. The SMILES string of the molecule is CC1(NCc2noc(-c3cccs3)n2)CCNC1. The summed E-state index contributed by atoms with van der Waals surface area (Å²) in [6.07, 6.45) is 1.13. The zero-order valence-corrected chi connectivity index (χ0v) is 11.1. The lowest BCUT2D eigenvalue weighted by Gasteiger charge is -2.23. The summed E-state index contributed by atoms with van der Waals surface area (Å²) in [7, 11) is 0. The van der Waals surface area contributed by atoms with Crippen molar-refractivity contribution in [2.45, 2.75) is 25.4 Å². The topological polar surface area (TPSA) is 63.0 Å². The molecule has 0 radical (unpaired) electrons. The minimum absolute atomic E-state index is 0.143. The molecule has 1 fully saturated rings. The molecule has 2 N–H and O–H groups in total. The predicted octanol–water partition coefficient (Wildman–Crippen LogP) is 1.64. The number of aromatic nitrogens is 2. The zero-order chi connectivity index (χ0) is 12.4. The first kappa shape index (κ1) is 11.8. The second-order valence-corrected chi connectivity index (χ2v) is 5.78. The van der Waals surface area contributed by atoms with Gasteiger partial charge in [-0.15, -0.1) is 11.3 Å². The Kier molecular flexibility index (Phi) is 3.15. The van der Waals surface area contributed by atoms with Gasteiger partial charge < -0.3 is 15.2 Å². The van der Waals surface area contributed by atoms with E-state index in [1.54, 1.807) is 11.3 Å². The van der Waals surface area contributed by atoms with Gasteiger partial charge in [0.05, 0.1) is 11.4 Å². The summed E-state index contributed by atoms with van der Waals surface area (Å²) < 4.78 is 5.25. The molecule has 18 heavy (non-hydrogen) atoms. The molecule has 0 saturated carbocycles. The van der Waals surface area contributed by atoms with Crippen LogP contribution in [0.2, 0.25) is 0 Å². The van der Waals surface area contributed by atoms with Crippen LogP contribution in [0.1, 0.15) is 19.2 Å². The smallest absolute Gasteiger partial charge is 0.268 e. The highest BCUT2D eigenvalue weighted by Gasteiger charge is 2.28. The highest BCUT2D eigenvalue weighted by Crippen LogP contribution is 2.22. The van der Waals surface area contributed by atoms with Gasteiger partial charge in [-0.3, -0.25) is 0 Å². The Hall–Kier alpha value is -1.24. The van der Waals surface area contributed by atoms with Crippen molar-refractivity contribution in [2.75, 3.05) is 13.1 Å². The summed E-state index contributed by atoms with van der Waals surface area (Å²) in [5.74, 6) is 1.32. The summed E-state index contributed by atoms with van der Waals surface area (Å²) in [5.41, 5.74) is 0.143. The molecule has 96 valence electrons. The number of hydrogen-bond acceptors (Lipinski definition) is 6. The minimum atomic E-state index is 0.143. The van der Waals surface area contributed by atoms with Gasteiger partial charge in [0.15, 0.2) is 5.82 Å². The van der Waals surface area contributed by atoms with Gasteiger partial charge in [-0.1, -0.05) is 11.2 Å². The average molecular weight is 264 g/mol. The molecule has 1 saturated heterocycles.